The molecule has 4 heteroatoms. The van der Waals surface area contributed by atoms with E-state index in [1.807, 2.05) is 19.2 Å². The molecular formula is C13H21N3O. The van der Waals surface area contributed by atoms with Gasteiger partial charge in [-0.2, -0.15) is 0 Å². The molecule has 1 aliphatic rings. The first-order valence-corrected chi connectivity index (χ1v) is 6.32. The summed E-state index contributed by atoms with van der Waals surface area (Å²) in [5, 5.41) is 9.13. The minimum atomic E-state index is 0.229. The molecule has 0 aliphatic carbocycles. The van der Waals surface area contributed by atoms with E-state index in [4.69, 9.17) is 10.8 Å². The summed E-state index contributed by atoms with van der Waals surface area (Å²) in [6.07, 6.45) is 6.14. The fourth-order valence-electron chi connectivity index (χ4n) is 2.51. The Kier molecular flexibility index (Phi) is 3.84. The van der Waals surface area contributed by atoms with Gasteiger partial charge in [-0.05, 0) is 44.2 Å². The predicted octanol–water partition coefficient (Wildman–Crippen LogP) is 1.71. The molecule has 1 aromatic heterocycles. The van der Waals surface area contributed by atoms with Crippen LogP contribution in [0, 0.1) is 6.92 Å². The van der Waals surface area contributed by atoms with Crippen molar-refractivity contribution in [3.8, 4) is 0 Å². The molecule has 0 spiro atoms. The largest absolute Gasteiger partial charge is 0.396 e. The lowest BCUT2D eigenvalue weighted by Gasteiger charge is -2.37. The third kappa shape index (κ3) is 2.52. The van der Waals surface area contributed by atoms with E-state index in [0.717, 1.165) is 36.5 Å². The number of nitrogens with zero attached hydrogens (tertiary/aromatic N) is 2. The highest BCUT2D eigenvalue weighted by Gasteiger charge is 2.24. The number of aromatic nitrogens is 1. The van der Waals surface area contributed by atoms with Gasteiger partial charge in [0.25, 0.3) is 0 Å². The second kappa shape index (κ2) is 5.36. The van der Waals surface area contributed by atoms with Gasteiger partial charge in [0, 0.05) is 25.4 Å². The summed E-state index contributed by atoms with van der Waals surface area (Å²) in [4.78, 5) is 6.68. The first-order valence-electron chi connectivity index (χ1n) is 6.32. The van der Waals surface area contributed by atoms with Crippen molar-refractivity contribution in [3.05, 3.63) is 17.8 Å². The molecule has 3 N–H and O–H groups in total. The van der Waals surface area contributed by atoms with E-state index in [-0.39, 0.29) is 6.61 Å². The van der Waals surface area contributed by atoms with E-state index in [2.05, 4.69) is 9.88 Å². The molecule has 1 aromatic rings. The summed E-state index contributed by atoms with van der Waals surface area (Å²) >= 11 is 0. The van der Waals surface area contributed by atoms with Crippen LogP contribution in [0.25, 0.3) is 0 Å². The lowest BCUT2D eigenvalue weighted by molar-refractivity contribution is 0.262. The van der Waals surface area contributed by atoms with Crippen LogP contribution < -0.4 is 10.6 Å². The maximum Gasteiger partial charge on any atom is 0.152 e. The Hall–Kier alpha value is -1.29. The average Bonchev–Trinajstić information content (AvgIpc) is 2.34. The van der Waals surface area contributed by atoms with Crippen molar-refractivity contribution < 1.29 is 5.11 Å². The number of aliphatic hydroxyl groups excluding tert-OH is 1. The highest BCUT2D eigenvalue weighted by molar-refractivity contribution is 5.66. The standard InChI is InChI=1S/C13H21N3O/c1-10-5-7-15-13(12(10)14)16-8-3-2-4-11(16)6-9-17/h5,7,11,17H,2-4,6,8-9,14H2,1H3. The van der Waals surface area contributed by atoms with Crippen LogP contribution in [0.3, 0.4) is 0 Å². The smallest absolute Gasteiger partial charge is 0.152 e. The summed E-state index contributed by atoms with van der Waals surface area (Å²) in [7, 11) is 0. The highest BCUT2D eigenvalue weighted by Crippen LogP contribution is 2.30. The normalized spacial score (nSPS) is 20.6. The zero-order valence-electron chi connectivity index (χ0n) is 10.4. The van der Waals surface area contributed by atoms with E-state index in [9.17, 15) is 0 Å². The van der Waals surface area contributed by atoms with Gasteiger partial charge >= 0.3 is 0 Å². The quantitative estimate of drug-likeness (QED) is 0.837. The Morgan fingerprint density at radius 3 is 3.12 bits per heavy atom. The summed E-state index contributed by atoms with van der Waals surface area (Å²) < 4.78 is 0. The van der Waals surface area contributed by atoms with E-state index >= 15 is 0 Å². The van der Waals surface area contributed by atoms with Gasteiger partial charge in [0.1, 0.15) is 0 Å². The molecule has 0 saturated carbocycles. The van der Waals surface area contributed by atoms with Gasteiger partial charge in [-0.3, -0.25) is 0 Å². The fourth-order valence-corrected chi connectivity index (χ4v) is 2.51. The van der Waals surface area contributed by atoms with Gasteiger partial charge in [-0.15, -0.1) is 0 Å². The van der Waals surface area contributed by atoms with Crippen LogP contribution in [-0.2, 0) is 0 Å². The van der Waals surface area contributed by atoms with Crippen LogP contribution in [0.1, 0.15) is 31.2 Å². The van der Waals surface area contributed by atoms with E-state index in [1.54, 1.807) is 0 Å². The van der Waals surface area contributed by atoms with E-state index in [1.165, 1.54) is 12.8 Å². The third-order valence-corrected chi connectivity index (χ3v) is 3.55. The number of pyridine rings is 1. The number of nitrogens with two attached hydrogens (primary N) is 1. The molecule has 0 bridgehead atoms. The Morgan fingerprint density at radius 1 is 1.53 bits per heavy atom. The van der Waals surface area contributed by atoms with Crippen LogP contribution in [0.15, 0.2) is 12.3 Å². The third-order valence-electron chi connectivity index (χ3n) is 3.55. The number of hydrogen-bond donors (Lipinski definition) is 2. The summed E-state index contributed by atoms with van der Waals surface area (Å²) in [5.41, 5.74) is 7.95. The first kappa shape index (κ1) is 12.2. The van der Waals surface area contributed by atoms with Crippen molar-refractivity contribution in [2.45, 2.75) is 38.6 Å². The molecule has 1 atom stereocenters. The molecular weight excluding hydrogens is 214 g/mol. The number of hydrogen-bond acceptors (Lipinski definition) is 4. The van der Waals surface area contributed by atoms with Gasteiger partial charge in [-0.25, -0.2) is 4.98 Å². The lowest BCUT2D eigenvalue weighted by Crippen LogP contribution is -2.41. The molecule has 4 nitrogen and oxygen atoms in total. The van der Waals surface area contributed by atoms with Crippen molar-refractivity contribution in [2.75, 3.05) is 23.8 Å². The van der Waals surface area contributed by atoms with Crippen LogP contribution >= 0.6 is 0 Å². The molecule has 17 heavy (non-hydrogen) atoms. The molecule has 94 valence electrons. The Labute approximate surface area is 102 Å². The summed E-state index contributed by atoms with van der Waals surface area (Å²) in [5.74, 6) is 0.892. The van der Waals surface area contributed by atoms with Gasteiger partial charge in [-0.1, -0.05) is 0 Å². The second-order valence-corrected chi connectivity index (χ2v) is 4.72. The predicted molar refractivity (Wildman–Crippen MR) is 70.1 cm³/mol. The second-order valence-electron chi connectivity index (χ2n) is 4.72. The van der Waals surface area contributed by atoms with Crippen molar-refractivity contribution >= 4 is 11.5 Å². The Bertz CT molecular complexity index is 379. The Morgan fingerprint density at radius 2 is 2.35 bits per heavy atom. The molecule has 0 aromatic carbocycles. The lowest BCUT2D eigenvalue weighted by atomic mass is 9.99. The number of aliphatic hydroxyl groups is 1. The van der Waals surface area contributed by atoms with Crippen LogP contribution in [0.4, 0.5) is 11.5 Å². The average molecular weight is 235 g/mol. The molecule has 1 aliphatic heterocycles. The van der Waals surface area contributed by atoms with Crippen molar-refractivity contribution in [1.29, 1.82) is 0 Å². The summed E-state index contributed by atoms with van der Waals surface area (Å²) in [6, 6.07) is 2.31. The number of anilines is 2. The monoisotopic (exact) mass is 235 g/mol. The molecule has 1 fully saturated rings. The Balaban J connectivity index is 2.26. The molecule has 2 heterocycles. The molecule has 0 radical (unpaired) electrons. The molecule has 1 unspecified atom stereocenters. The topological polar surface area (TPSA) is 62.4 Å². The molecule has 2 rings (SSSR count). The summed E-state index contributed by atoms with van der Waals surface area (Å²) in [6.45, 7) is 3.23. The number of rotatable bonds is 3. The van der Waals surface area contributed by atoms with Crippen LogP contribution in [-0.4, -0.2) is 29.3 Å². The van der Waals surface area contributed by atoms with Gasteiger partial charge in [0.05, 0.1) is 5.69 Å². The maximum atomic E-state index is 9.13. The zero-order chi connectivity index (χ0) is 12.3. The maximum absolute atomic E-state index is 9.13. The number of aryl methyl sites for hydroxylation is 1. The van der Waals surface area contributed by atoms with Crippen LogP contribution in [0.5, 0.6) is 0 Å². The van der Waals surface area contributed by atoms with Crippen molar-refractivity contribution in [2.24, 2.45) is 0 Å². The molecule has 0 amide bonds. The van der Waals surface area contributed by atoms with E-state index in [0.29, 0.717) is 6.04 Å². The zero-order valence-corrected chi connectivity index (χ0v) is 10.4. The SMILES string of the molecule is Cc1ccnc(N2CCCCC2CCO)c1N. The highest BCUT2D eigenvalue weighted by atomic mass is 16.3. The van der Waals surface area contributed by atoms with Crippen LogP contribution in [0.2, 0.25) is 0 Å². The molecule has 1 saturated heterocycles. The van der Waals surface area contributed by atoms with Gasteiger partial charge in [0.15, 0.2) is 5.82 Å². The minimum absolute atomic E-state index is 0.229. The van der Waals surface area contributed by atoms with E-state index < -0.39 is 0 Å². The van der Waals surface area contributed by atoms with Crippen molar-refractivity contribution in [1.82, 2.24) is 4.98 Å². The van der Waals surface area contributed by atoms with Gasteiger partial charge < -0.3 is 15.7 Å². The number of nitrogen functional groups attached to an aromatic ring is 1. The number of piperidine rings is 1. The van der Waals surface area contributed by atoms with Crippen molar-refractivity contribution in [3.63, 3.8) is 0 Å². The fraction of sp³-hybridized carbons (Fsp3) is 0.615. The van der Waals surface area contributed by atoms with Gasteiger partial charge in [0.2, 0.25) is 0 Å². The first-order chi connectivity index (χ1) is 8.24. The minimum Gasteiger partial charge on any atom is -0.396 e.